The van der Waals surface area contributed by atoms with Crippen LogP contribution in [0.2, 0.25) is 0 Å². The molecule has 0 radical (unpaired) electrons. The van der Waals surface area contributed by atoms with Gasteiger partial charge in [-0.25, -0.2) is 0 Å². The molecule has 0 saturated carbocycles. The van der Waals surface area contributed by atoms with Crippen LogP contribution in [0.3, 0.4) is 0 Å². The quantitative estimate of drug-likeness (QED) is 0.575. The average Bonchev–Trinajstić information content (AvgIpc) is 3.14. The van der Waals surface area contributed by atoms with Gasteiger partial charge < -0.3 is 5.32 Å². The Morgan fingerprint density at radius 1 is 1.07 bits per heavy atom. The number of benzene rings is 1. The molecule has 1 atom stereocenters. The molecule has 0 spiro atoms. The lowest BCUT2D eigenvalue weighted by molar-refractivity contribution is -0.121. The third-order valence-electron chi connectivity index (χ3n) is 4.27. The second-order valence-corrected chi connectivity index (χ2v) is 7.16. The van der Waals surface area contributed by atoms with Gasteiger partial charge in [0, 0.05) is 24.6 Å². The molecule has 0 fully saturated rings. The number of rotatable bonds is 9. The van der Waals surface area contributed by atoms with Crippen LogP contribution in [0.1, 0.15) is 41.5 Å². The predicted molar refractivity (Wildman–Crippen MR) is 107 cm³/mol. The first kappa shape index (κ1) is 19.1. The van der Waals surface area contributed by atoms with Crippen molar-refractivity contribution in [1.82, 2.24) is 19.9 Å². The molecule has 0 aliphatic rings. The Morgan fingerprint density at radius 3 is 2.63 bits per heavy atom. The summed E-state index contributed by atoms with van der Waals surface area (Å²) in [6.45, 7) is 0. The molecule has 140 valence electrons. The minimum Gasteiger partial charge on any atom is -0.346 e. The number of pyridine rings is 1. The molecule has 1 N–H and O–H groups in total. The Labute approximate surface area is 162 Å². The van der Waals surface area contributed by atoms with Crippen LogP contribution in [0.25, 0.3) is 5.65 Å². The van der Waals surface area contributed by atoms with E-state index in [0.717, 1.165) is 17.8 Å². The number of ketones is 1. The van der Waals surface area contributed by atoms with Gasteiger partial charge >= 0.3 is 0 Å². The Bertz CT molecular complexity index is 911. The van der Waals surface area contributed by atoms with Crippen molar-refractivity contribution in [1.29, 1.82) is 0 Å². The fourth-order valence-electron chi connectivity index (χ4n) is 2.86. The lowest BCUT2D eigenvalue weighted by Crippen LogP contribution is -2.30. The Kier molecular flexibility index (Phi) is 6.59. The van der Waals surface area contributed by atoms with Crippen LogP contribution in [0, 0.1) is 0 Å². The number of hydrogen-bond acceptors (Lipinski definition) is 5. The summed E-state index contributed by atoms with van der Waals surface area (Å²) in [5.74, 6) is 1.41. The molecule has 1 aromatic carbocycles. The zero-order valence-electron chi connectivity index (χ0n) is 15.2. The topological polar surface area (TPSA) is 76.4 Å². The van der Waals surface area contributed by atoms with Gasteiger partial charge in [0.05, 0.1) is 6.04 Å². The number of fused-ring (bicyclic) bond motifs is 1. The van der Waals surface area contributed by atoms with E-state index in [9.17, 15) is 9.59 Å². The van der Waals surface area contributed by atoms with Crippen molar-refractivity contribution >= 4 is 29.1 Å². The van der Waals surface area contributed by atoms with Crippen molar-refractivity contribution < 1.29 is 9.59 Å². The van der Waals surface area contributed by atoms with Crippen molar-refractivity contribution in [3.8, 4) is 0 Å². The van der Waals surface area contributed by atoms with E-state index in [2.05, 4.69) is 15.5 Å². The number of thioether (sulfide) groups is 1. The number of hydrogen-bond donors (Lipinski definition) is 1. The van der Waals surface area contributed by atoms with E-state index in [-0.39, 0.29) is 30.6 Å². The van der Waals surface area contributed by atoms with Crippen LogP contribution in [-0.4, -0.2) is 38.3 Å². The highest BCUT2D eigenvalue weighted by atomic mass is 32.2. The zero-order chi connectivity index (χ0) is 19.1. The summed E-state index contributed by atoms with van der Waals surface area (Å²) in [6, 6.07) is 14.5. The van der Waals surface area contributed by atoms with E-state index in [1.165, 1.54) is 0 Å². The van der Waals surface area contributed by atoms with E-state index in [1.54, 1.807) is 23.9 Å². The first-order chi connectivity index (χ1) is 13.2. The first-order valence-electron chi connectivity index (χ1n) is 8.85. The highest BCUT2D eigenvalue weighted by Gasteiger charge is 2.20. The van der Waals surface area contributed by atoms with Gasteiger partial charge in [-0.15, -0.1) is 10.2 Å². The van der Waals surface area contributed by atoms with E-state index >= 15 is 0 Å². The van der Waals surface area contributed by atoms with E-state index < -0.39 is 0 Å². The maximum absolute atomic E-state index is 12.5. The predicted octanol–water partition coefficient (Wildman–Crippen LogP) is 3.30. The van der Waals surface area contributed by atoms with Crippen molar-refractivity contribution in [3.63, 3.8) is 0 Å². The second kappa shape index (κ2) is 9.32. The molecule has 3 aromatic rings. The highest BCUT2D eigenvalue weighted by molar-refractivity contribution is 7.98. The van der Waals surface area contributed by atoms with E-state index in [1.807, 2.05) is 53.3 Å². The minimum atomic E-state index is -0.242. The number of aromatic nitrogens is 3. The Hall–Kier alpha value is -2.67. The van der Waals surface area contributed by atoms with Gasteiger partial charge in [-0.3, -0.25) is 14.0 Å². The molecule has 27 heavy (non-hydrogen) atoms. The van der Waals surface area contributed by atoms with Crippen molar-refractivity contribution in [2.75, 3.05) is 12.0 Å². The van der Waals surface area contributed by atoms with Crippen LogP contribution < -0.4 is 5.32 Å². The average molecular weight is 382 g/mol. The third-order valence-corrected chi connectivity index (χ3v) is 4.92. The van der Waals surface area contributed by atoms with E-state index in [0.29, 0.717) is 11.4 Å². The molecule has 2 heterocycles. The highest BCUT2D eigenvalue weighted by Crippen LogP contribution is 2.18. The van der Waals surface area contributed by atoms with Crippen molar-refractivity contribution in [3.05, 3.63) is 66.1 Å². The fourth-order valence-corrected chi connectivity index (χ4v) is 3.33. The van der Waals surface area contributed by atoms with Gasteiger partial charge in [-0.05, 0) is 30.6 Å². The summed E-state index contributed by atoms with van der Waals surface area (Å²) in [5.41, 5.74) is 1.38. The molecule has 7 heteroatoms. The SMILES string of the molecule is CSCCC(NC(=O)CCC(=O)c1ccccc1)c1nnc2ccccn12. The number of nitrogens with zero attached hydrogens (tertiary/aromatic N) is 3. The molecule has 0 bridgehead atoms. The zero-order valence-corrected chi connectivity index (χ0v) is 16.0. The third kappa shape index (κ3) is 4.95. The summed E-state index contributed by atoms with van der Waals surface area (Å²) in [7, 11) is 0. The van der Waals surface area contributed by atoms with Crippen molar-refractivity contribution in [2.45, 2.75) is 25.3 Å². The maximum Gasteiger partial charge on any atom is 0.221 e. The normalized spacial score (nSPS) is 12.0. The summed E-state index contributed by atoms with van der Waals surface area (Å²) < 4.78 is 1.89. The van der Waals surface area contributed by atoms with Crippen LogP contribution in [0.5, 0.6) is 0 Å². The molecule has 0 aliphatic carbocycles. The summed E-state index contributed by atoms with van der Waals surface area (Å²) in [6.07, 6.45) is 5.00. The lowest BCUT2D eigenvalue weighted by Gasteiger charge is -2.17. The van der Waals surface area contributed by atoms with Crippen LogP contribution >= 0.6 is 11.8 Å². The van der Waals surface area contributed by atoms with Gasteiger partial charge in [-0.1, -0.05) is 36.4 Å². The van der Waals surface area contributed by atoms with Gasteiger partial charge in [-0.2, -0.15) is 11.8 Å². The van der Waals surface area contributed by atoms with E-state index in [4.69, 9.17) is 0 Å². The monoisotopic (exact) mass is 382 g/mol. The molecule has 0 aliphatic heterocycles. The molecule has 1 unspecified atom stereocenters. The number of nitrogens with one attached hydrogen (secondary N) is 1. The maximum atomic E-state index is 12.5. The van der Waals surface area contributed by atoms with Crippen LogP contribution in [0.15, 0.2) is 54.7 Å². The molecule has 1 amide bonds. The molecule has 2 aromatic heterocycles. The van der Waals surface area contributed by atoms with Crippen molar-refractivity contribution in [2.24, 2.45) is 0 Å². The number of amides is 1. The molecule has 0 saturated heterocycles. The largest absolute Gasteiger partial charge is 0.346 e. The van der Waals surface area contributed by atoms with Crippen LogP contribution in [-0.2, 0) is 4.79 Å². The smallest absolute Gasteiger partial charge is 0.221 e. The standard InChI is InChI=1S/C20H22N4O2S/c1-27-14-12-16(20-23-22-18-9-5-6-13-24(18)20)21-19(26)11-10-17(25)15-7-3-2-4-8-15/h2-9,13,16H,10-12,14H2,1H3,(H,21,26). The number of carbonyl (C=O) groups excluding carboxylic acids is 2. The first-order valence-corrected chi connectivity index (χ1v) is 10.2. The van der Waals surface area contributed by atoms with Gasteiger partial charge in [0.1, 0.15) is 0 Å². The summed E-state index contributed by atoms with van der Waals surface area (Å²) >= 11 is 1.71. The minimum absolute atomic E-state index is 0.0284. The van der Waals surface area contributed by atoms with Gasteiger partial charge in [0.25, 0.3) is 0 Å². The van der Waals surface area contributed by atoms with Crippen LogP contribution in [0.4, 0.5) is 0 Å². The van der Waals surface area contributed by atoms with Gasteiger partial charge in [0.15, 0.2) is 17.3 Å². The number of Topliss-reactive ketones (excluding diaryl/α,β-unsaturated/α-hetero) is 1. The second-order valence-electron chi connectivity index (χ2n) is 6.18. The molecule has 6 nitrogen and oxygen atoms in total. The fraction of sp³-hybridized carbons (Fsp3) is 0.300. The lowest BCUT2D eigenvalue weighted by atomic mass is 10.1. The number of carbonyl (C=O) groups is 2. The molecule has 3 rings (SSSR count). The summed E-state index contributed by atoms with van der Waals surface area (Å²) in [5, 5.41) is 11.5. The molecular weight excluding hydrogens is 360 g/mol. The van der Waals surface area contributed by atoms with Gasteiger partial charge in [0.2, 0.25) is 5.91 Å². The summed E-state index contributed by atoms with van der Waals surface area (Å²) in [4.78, 5) is 24.7. The molecular formula is C20H22N4O2S. The Balaban J connectivity index is 1.65. The Morgan fingerprint density at radius 2 is 1.85 bits per heavy atom.